The Balaban J connectivity index is 1.54. The number of benzene rings is 3. The lowest BCUT2D eigenvalue weighted by Gasteiger charge is -2.21. The summed E-state index contributed by atoms with van der Waals surface area (Å²) in [6, 6.07) is 10.9. The topological polar surface area (TPSA) is 164 Å². The molecule has 2 unspecified atom stereocenters. The van der Waals surface area contributed by atoms with Gasteiger partial charge < -0.3 is 38.6 Å². The highest BCUT2D eigenvalue weighted by atomic mass is 19.4. The molecule has 2 atom stereocenters. The van der Waals surface area contributed by atoms with Gasteiger partial charge in [-0.3, -0.25) is 0 Å². The number of alkyl halides is 6. The van der Waals surface area contributed by atoms with E-state index >= 15 is 0 Å². The molecule has 338 valence electrons. The first kappa shape index (κ1) is 50.5. The second-order valence-corrected chi connectivity index (χ2v) is 13.7. The van der Waals surface area contributed by atoms with Gasteiger partial charge >= 0.3 is 36.2 Å². The molecule has 0 aliphatic carbocycles. The number of halogens is 6. The van der Waals surface area contributed by atoms with Crippen LogP contribution in [0.25, 0.3) is 0 Å². The highest BCUT2D eigenvalue weighted by Crippen LogP contribution is 2.49. The number of esters is 4. The number of rotatable bonds is 26. The van der Waals surface area contributed by atoms with Crippen molar-refractivity contribution in [1.29, 1.82) is 0 Å². The molecule has 0 saturated heterocycles. The van der Waals surface area contributed by atoms with Crippen LogP contribution >= 0.6 is 0 Å². The first-order valence-corrected chi connectivity index (χ1v) is 19.6. The zero-order valence-corrected chi connectivity index (χ0v) is 33.6. The van der Waals surface area contributed by atoms with Crippen molar-refractivity contribution in [1.82, 2.24) is 0 Å². The maximum Gasteiger partial charge on any atom is 0.420 e. The van der Waals surface area contributed by atoms with Gasteiger partial charge in [-0.1, -0.05) is 51.7 Å². The van der Waals surface area contributed by atoms with Crippen LogP contribution in [0.1, 0.15) is 96.1 Å². The second-order valence-electron chi connectivity index (χ2n) is 13.7. The Kier molecular flexibility index (Phi) is 20.5. The molecule has 2 N–H and O–H groups in total. The summed E-state index contributed by atoms with van der Waals surface area (Å²) in [7, 11) is 0. The molecule has 0 aliphatic rings. The van der Waals surface area contributed by atoms with E-state index in [2.05, 4.69) is 13.2 Å². The SMILES string of the molecule is C=CC(=O)OCC(O)CCCCCCOc1ccc(C(=O)Oc2ccc(OC(=O)c3ccc(OCCCCCCC(O)COC(=O)C=C)cc3)c(C(F)(F)F)c2C(F)(F)F)cc1. The average molecular weight is 883 g/mol. The monoisotopic (exact) mass is 882 g/mol. The van der Waals surface area contributed by atoms with Gasteiger partial charge in [0.1, 0.15) is 47.3 Å². The van der Waals surface area contributed by atoms with E-state index in [1.54, 1.807) is 0 Å². The van der Waals surface area contributed by atoms with Crippen LogP contribution in [0, 0.1) is 0 Å². The third-order valence-corrected chi connectivity index (χ3v) is 8.85. The van der Waals surface area contributed by atoms with Gasteiger partial charge in [0.05, 0.1) is 36.5 Å². The van der Waals surface area contributed by atoms with Gasteiger partial charge in [0.2, 0.25) is 0 Å². The van der Waals surface area contributed by atoms with Crippen molar-refractivity contribution in [3.63, 3.8) is 0 Å². The number of carbonyl (C=O) groups excluding carboxylic acids is 4. The Labute approximate surface area is 354 Å². The molecule has 3 aromatic rings. The lowest BCUT2D eigenvalue weighted by molar-refractivity contribution is -0.163. The Hall–Kier alpha value is -5.88. The molecular formula is C44H48F6O12. The van der Waals surface area contributed by atoms with Gasteiger partial charge in [-0.2, -0.15) is 26.3 Å². The normalized spacial score (nSPS) is 12.4. The summed E-state index contributed by atoms with van der Waals surface area (Å²) in [6.45, 7) is 6.82. The molecule has 18 heteroatoms. The Morgan fingerprint density at radius 2 is 0.871 bits per heavy atom. The number of aliphatic hydroxyl groups excluding tert-OH is 2. The Morgan fingerprint density at radius 3 is 1.19 bits per heavy atom. The van der Waals surface area contributed by atoms with E-state index in [1.807, 2.05) is 0 Å². The van der Waals surface area contributed by atoms with E-state index in [4.69, 9.17) is 28.4 Å². The molecule has 0 radical (unpaired) electrons. The van der Waals surface area contributed by atoms with E-state index in [1.165, 1.54) is 24.3 Å². The first-order chi connectivity index (χ1) is 29.4. The maximum absolute atomic E-state index is 14.3. The van der Waals surface area contributed by atoms with Crippen LogP contribution in [0.4, 0.5) is 26.3 Å². The highest BCUT2D eigenvalue weighted by molar-refractivity contribution is 5.92. The number of aliphatic hydroxyl groups is 2. The minimum atomic E-state index is -5.72. The van der Waals surface area contributed by atoms with Gasteiger partial charge in [-0.25, -0.2) is 19.2 Å². The van der Waals surface area contributed by atoms with Gasteiger partial charge in [0.15, 0.2) is 0 Å². The van der Waals surface area contributed by atoms with Crippen molar-refractivity contribution in [2.75, 3.05) is 26.4 Å². The molecule has 0 fully saturated rings. The fourth-order valence-corrected chi connectivity index (χ4v) is 5.68. The number of hydrogen-bond donors (Lipinski definition) is 2. The van der Waals surface area contributed by atoms with Gasteiger partial charge in [0.25, 0.3) is 0 Å². The summed E-state index contributed by atoms with van der Waals surface area (Å²) in [5, 5.41) is 19.7. The molecule has 0 bridgehead atoms. The molecule has 12 nitrogen and oxygen atoms in total. The summed E-state index contributed by atoms with van der Waals surface area (Å²) in [5.74, 6) is -6.38. The molecule has 0 aromatic heterocycles. The van der Waals surface area contributed by atoms with Gasteiger partial charge in [-0.05, 0) is 86.3 Å². The first-order valence-electron chi connectivity index (χ1n) is 19.6. The quantitative estimate of drug-likeness (QED) is 0.0259. The molecule has 0 saturated carbocycles. The van der Waals surface area contributed by atoms with Crippen LogP contribution in [-0.2, 0) is 31.4 Å². The standard InChI is InChI=1S/C44H48F6O12/c1-3-37(53)59-27-31(51)13-9-5-7-11-25-57-33-19-15-29(16-20-33)41(55)61-35-23-24-36(40(44(48,49)50)39(35)43(45,46)47)62-42(56)30-17-21-34(22-18-30)58-26-12-8-6-10-14-32(52)28-60-38(54)4-2/h3-4,15-24,31-32,51-52H,1-2,5-14,25-28H2. The van der Waals surface area contributed by atoms with E-state index < -0.39 is 71.1 Å². The molecule has 62 heavy (non-hydrogen) atoms. The Bertz CT molecular complexity index is 1790. The van der Waals surface area contributed by atoms with Crippen molar-refractivity contribution in [2.45, 2.75) is 88.8 Å². The number of ether oxygens (including phenoxy) is 6. The predicted molar refractivity (Wildman–Crippen MR) is 211 cm³/mol. The molecular weight excluding hydrogens is 834 g/mol. The summed E-state index contributed by atoms with van der Waals surface area (Å²) in [6.07, 6.45) is -4.61. The number of unbranched alkanes of at least 4 members (excludes halogenated alkanes) is 6. The van der Waals surface area contributed by atoms with E-state index in [0.717, 1.165) is 62.1 Å². The molecule has 0 aliphatic heterocycles. The van der Waals surface area contributed by atoms with Crippen LogP contribution in [0.15, 0.2) is 86.0 Å². The average Bonchev–Trinajstić information content (AvgIpc) is 3.23. The second kappa shape index (κ2) is 25.2. The maximum atomic E-state index is 14.3. The van der Waals surface area contributed by atoms with Crippen molar-refractivity contribution >= 4 is 23.9 Å². The van der Waals surface area contributed by atoms with Crippen LogP contribution < -0.4 is 18.9 Å². The summed E-state index contributed by atoms with van der Waals surface area (Å²) in [5.41, 5.74) is -5.33. The summed E-state index contributed by atoms with van der Waals surface area (Å²) < 4.78 is 116. The summed E-state index contributed by atoms with van der Waals surface area (Å²) in [4.78, 5) is 47.8. The van der Waals surface area contributed by atoms with Crippen molar-refractivity contribution in [3.05, 3.63) is 108 Å². The lowest BCUT2D eigenvalue weighted by atomic mass is 10.0. The zero-order chi connectivity index (χ0) is 45.7. The number of carbonyl (C=O) groups is 4. The zero-order valence-electron chi connectivity index (χ0n) is 33.6. The third kappa shape index (κ3) is 17.6. The molecule has 0 spiro atoms. The fraction of sp³-hybridized carbons (Fsp3) is 0.409. The van der Waals surface area contributed by atoms with Crippen LogP contribution in [-0.4, -0.2) is 72.7 Å². The summed E-state index contributed by atoms with van der Waals surface area (Å²) >= 11 is 0. The minimum absolute atomic E-state index is 0.130. The van der Waals surface area contributed by atoms with E-state index in [0.29, 0.717) is 62.2 Å². The third-order valence-electron chi connectivity index (χ3n) is 8.85. The van der Waals surface area contributed by atoms with Gasteiger partial charge in [-0.15, -0.1) is 0 Å². The predicted octanol–water partition coefficient (Wildman–Crippen LogP) is 9.00. The van der Waals surface area contributed by atoms with Crippen LogP contribution in [0.5, 0.6) is 23.0 Å². The van der Waals surface area contributed by atoms with Crippen molar-refractivity contribution < 1.29 is 84.2 Å². The van der Waals surface area contributed by atoms with Crippen LogP contribution in [0.2, 0.25) is 0 Å². The highest BCUT2D eigenvalue weighted by Gasteiger charge is 2.49. The molecule has 3 rings (SSSR count). The van der Waals surface area contributed by atoms with E-state index in [9.17, 15) is 55.7 Å². The largest absolute Gasteiger partial charge is 0.494 e. The number of hydrogen-bond acceptors (Lipinski definition) is 12. The molecule has 0 heterocycles. The molecule has 3 aromatic carbocycles. The minimum Gasteiger partial charge on any atom is -0.494 e. The van der Waals surface area contributed by atoms with Crippen LogP contribution in [0.3, 0.4) is 0 Å². The molecule has 0 amide bonds. The lowest BCUT2D eigenvalue weighted by Crippen LogP contribution is -2.22. The van der Waals surface area contributed by atoms with Crippen molar-refractivity contribution in [2.24, 2.45) is 0 Å². The van der Waals surface area contributed by atoms with E-state index in [-0.39, 0.29) is 37.6 Å². The van der Waals surface area contributed by atoms with Crippen molar-refractivity contribution in [3.8, 4) is 23.0 Å². The fourth-order valence-electron chi connectivity index (χ4n) is 5.68. The smallest absolute Gasteiger partial charge is 0.420 e. The van der Waals surface area contributed by atoms with Gasteiger partial charge in [0, 0.05) is 12.2 Å². The Morgan fingerprint density at radius 1 is 0.532 bits per heavy atom.